The largest absolute Gasteiger partial charge is 0.494 e. The molecule has 2 unspecified atom stereocenters. The zero-order valence-electron chi connectivity index (χ0n) is 21.4. The molecule has 0 spiro atoms. The van der Waals surface area contributed by atoms with Gasteiger partial charge in [0, 0.05) is 12.5 Å². The van der Waals surface area contributed by atoms with Crippen LogP contribution in [0.2, 0.25) is 0 Å². The van der Waals surface area contributed by atoms with E-state index in [0.29, 0.717) is 12.2 Å². The first-order chi connectivity index (χ1) is 18.1. The van der Waals surface area contributed by atoms with E-state index in [1.807, 2.05) is 24.3 Å². The molecule has 0 heterocycles. The highest BCUT2D eigenvalue weighted by molar-refractivity contribution is 5.79. The lowest BCUT2D eigenvalue weighted by Gasteiger charge is -2.19. The highest BCUT2D eigenvalue weighted by Gasteiger charge is 2.29. The van der Waals surface area contributed by atoms with Crippen LogP contribution in [0.25, 0.3) is 11.1 Å². The van der Waals surface area contributed by atoms with E-state index in [1.165, 1.54) is 19.3 Å². The Bertz CT molecular complexity index is 1100. The Labute approximate surface area is 219 Å². The average molecular weight is 504 g/mol. The molecule has 3 aromatic rings. The van der Waals surface area contributed by atoms with Crippen molar-refractivity contribution >= 4 is 6.09 Å². The Balaban J connectivity index is 1.21. The monoisotopic (exact) mass is 503 g/mol. The van der Waals surface area contributed by atoms with Crippen molar-refractivity contribution in [2.24, 2.45) is 0 Å². The molecule has 0 radical (unpaired) electrons. The van der Waals surface area contributed by atoms with Crippen molar-refractivity contribution < 1.29 is 24.5 Å². The number of fused-ring (bicyclic) bond motifs is 3. The molecule has 1 aliphatic carbocycles. The summed E-state index contributed by atoms with van der Waals surface area (Å²) in [5, 5.41) is 23.5. The first-order valence-electron chi connectivity index (χ1n) is 13.3. The number of hydrogen-bond acceptors (Lipinski definition) is 5. The Morgan fingerprint density at radius 3 is 2.14 bits per heavy atom. The quantitative estimate of drug-likeness (QED) is 0.250. The van der Waals surface area contributed by atoms with Gasteiger partial charge < -0.3 is 25.0 Å². The summed E-state index contributed by atoms with van der Waals surface area (Å²) in [6, 6.07) is 23.3. The fourth-order valence-electron chi connectivity index (χ4n) is 4.83. The van der Waals surface area contributed by atoms with Crippen LogP contribution in [0, 0.1) is 0 Å². The first-order valence-corrected chi connectivity index (χ1v) is 13.3. The molecular formula is C31H37NO5. The molecule has 4 rings (SSSR count). The van der Waals surface area contributed by atoms with Gasteiger partial charge in [-0.15, -0.1) is 0 Å². The fraction of sp³-hybridized carbons (Fsp3) is 0.387. The maximum absolute atomic E-state index is 12.4. The molecule has 1 aliphatic rings. The number of alkyl carbamates (subject to hydrolysis) is 1. The fourth-order valence-corrected chi connectivity index (χ4v) is 4.83. The van der Waals surface area contributed by atoms with Gasteiger partial charge in [-0.2, -0.15) is 0 Å². The highest BCUT2D eigenvalue weighted by Crippen LogP contribution is 2.44. The lowest BCUT2D eigenvalue weighted by atomic mass is 9.98. The number of unbranched alkanes of at least 4 members (excludes halogenated alkanes) is 4. The number of carbonyl (C=O) groups is 1. The second-order valence-corrected chi connectivity index (χ2v) is 9.55. The Hall–Kier alpha value is -3.35. The Morgan fingerprint density at radius 2 is 1.49 bits per heavy atom. The van der Waals surface area contributed by atoms with Crippen LogP contribution < -0.4 is 10.1 Å². The van der Waals surface area contributed by atoms with E-state index in [0.717, 1.165) is 40.8 Å². The van der Waals surface area contributed by atoms with Gasteiger partial charge >= 0.3 is 6.09 Å². The van der Waals surface area contributed by atoms with Crippen LogP contribution in [0.4, 0.5) is 4.79 Å². The van der Waals surface area contributed by atoms with Gasteiger partial charge in [0.05, 0.1) is 6.61 Å². The van der Waals surface area contributed by atoms with Crippen LogP contribution in [0.1, 0.15) is 67.7 Å². The van der Waals surface area contributed by atoms with Gasteiger partial charge in [0.15, 0.2) is 0 Å². The Morgan fingerprint density at radius 1 is 0.865 bits per heavy atom. The maximum Gasteiger partial charge on any atom is 0.407 e. The van der Waals surface area contributed by atoms with Crippen molar-refractivity contribution in [1.29, 1.82) is 0 Å². The Kier molecular flexibility index (Phi) is 9.58. The molecule has 196 valence electrons. The molecule has 1 amide bonds. The van der Waals surface area contributed by atoms with Gasteiger partial charge in [-0.1, -0.05) is 93.3 Å². The van der Waals surface area contributed by atoms with E-state index in [4.69, 9.17) is 9.47 Å². The van der Waals surface area contributed by atoms with Crippen LogP contribution in [-0.4, -0.2) is 42.2 Å². The number of aliphatic hydroxyl groups is 2. The third-order valence-corrected chi connectivity index (χ3v) is 6.90. The molecular weight excluding hydrogens is 466 g/mol. The summed E-state index contributed by atoms with van der Waals surface area (Å²) < 4.78 is 11.3. The van der Waals surface area contributed by atoms with Crippen molar-refractivity contribution in [2.45, 2.75) is 57.2 Å². The molecule has 6 heteroatoms. The van der Waals surface area contributed by atoms with Gasteiger partial charge in [0.25, 0.3) is 0 Å². The third kappa shape index (κ3) is 6.90. The normalized spacial score (nSPS) is 13.9. The van der Waals surface area contributed by atoms with Crippen LogP contribution in [0.3, 0.4) is 0 Å². The number of aliphatic hydroxyl groups excluding tert-OH is 2. The summed E-state index contributed by atoms with van der Waals surface area (Å²) in [5.41, 5.74) is 5.15. The third-order valence-electron chi connectivity index (χ3n) is 6.90. The van der Waals surface area contributed by atoms with Gasteiger partial charge in [-0.05, 0) is 46.4 Å². The smallest absolute Gasteiger partial charge is 0.407 e. The van der Waals surface area contributed by atoms with E-state index >= 15 is 0 Å². The van der Waals surface area contributed by atoms with Crippen LogP contribution in [0.15, 0.2) is 72.8 Å². The van der Waals surface area contributed by atoms with Crippen LogP contribution in [-0.2, 0) is 4.74 Å². The molecule has 0 aromatic heterocycles. The lowest BCUT2D eigenvalue weighted by molar-refractivity contribution is 0.0185. The van der Waals surface area contributed by atoms with E-state index < -0.39 is 18.3 Å². The second-order valence-electron chi connectivity index (χ2n) is 9.55. The van der Waals surface area contributed by atoms with Crippen LogP contribution >= 0.6 is 0 Å². The molecule has 0 saturated heterocycles. The van der Waals surface area contributed by atoms with Crippen LogP contribution in [0.5, 0.6) is 5.75 Å². The molecule has 6 nitrogen and oxygen atoms in total. The number of benzene rings is 3. The molecule has 0 aliphatic heterocycles. The number of rotatable bonds is 13. The number of nitrogens with one attached hydrogen (secondary N) is 1. The molecule has 2 atom stereocenters. The van der Waals surface area contributed by atoms with Crippen molar-refractivity contribution in [2.75, 3.05) is 19.8 Å². The highest BCUT2D eigenvalue weighted by atomic mass is 16.5. The zero-order valence-corrected chi connectivity index (χ0v) is 21.4. The standard InChI is InChI=1S/C31H37NO5/c1-2-3-4-5-10-19-36-23-17-15-22(16-18-23)30(34)29(33)20-32-31(35)37-21-28-26-13-8-6-11-24(26)25-12-7-9-14-27(25)28/h6-9,11-18,28-30,33-34H,2-5,10,19-21H2,1H3,(H,32,35). The van der Waals surface area contributed by atoms with Crippen molar-refractivity contribution in [3.8, 4) is 16.9 Å². The maximum atomic E-state index is 12.4. The summed E-state index contributed by atoms with van der Waals surface area (Å²) in [7, 11) is 0. The SMILES string of the molecule is CCCCCCCOc1ccc(C(O)C(O)CNC(=O)OCC2c3ccccc3-c3ccccc32)cc1. The second kappa shape index (κ2) is 13.3. The summed E-state index contributed by atoms with van der Waals surface area (Å²) in [6.45, 7) is 2.92. The van der Waals surface area contributed by atoms with E-state index in [1.54, 1.807) is 24.3 Å². The molecule has 0 bridgehead atoms. The minimum atomic E-state index is -1.18. The van der Waals surface area contributed by atoms with Crippen molar-refractivity contribution in [1.82, 2.24) is 5.32 Å². The number of ether oxygens (including phenoxy) is 2. The molecule has 0 fully saturated rings. The van der Waals surface area contributed by atoms with E-state index in [9.17, 15) is 15.0 Å². The van der Waals surface area contributed by atoms with Gasteiger partial charge in [-0.25, -0.2) is 4.79 Å². The summed E-state index contributed by atoms with van der Waals surface area (Å²) in [4.78, 5) is 12.4. The number of carbonyl (C=O) groups excluding carboxylic acids is 1. The zero-order chi connectivity index (χ0) is 26.0. The average Bonchev–Trinajstić information content (AvgIpc) is 3.26. The van der Waals surface area contributed by atoms with Crippen molar-refractivity contribution in [3.63, 3.8) is 0 Å². The molecule has 0 saturated carbocycles. The summed E-state index contributed by atoms with van der Waals surface area (Å²) in [6.07, 6.45) is 2.94. The van der Waals surface area contributed by atoms with E-state index in [2.05, 4.69) is 36.5 Å². The summed E-state index contributed by atoms with van der Waals surface area (Å²) >= 11 is 0. The van der Waals surface area contributed by atoms with E-state index in [-0.39, 0.29) is 19.1 Å². The molecule has 37 heavy (non-hydrogen) atoms. The van der Waals surface area contributed by atoms with Gasteiger partial charge in [0.2, 0.25) is 0 Å². The molecule has 3 aromatic carbocycles. The lowest BCUT2D eigenvalue weighted by Crippen LogP contribution is -2.36. The predicted octanol–water partition coefficient (Wildman–Crippen LogP) is 5.97. The first kappa shape index (κ1) is 26.7. The predicted molar refractivity (Wildman–Crippen MR) is 145 cm³/mol. The topological polar surface area (TPSA) is 88.0 Å². The summed E-state index contributed by atoms with van der Waals surface area (Å²) in [5.74, 6) is 0.698. The van der Waals surface area contributed by atoms with Gasteiger partial charge in [0.1, 0.15) is 24.6 Å². The number of amides is 1. The van der Waals surface area contributed by atoms with Gasteiger partial charge in [-0.3, -0.25) is 0 Å². The van der Waals surface area contributed by atoms with Crippen molar-refractivity contribution in [3.05, 3.63) is 89.5 Å². The minimum Gasteiger partial charge on any atom is -0.494 e. The number of hydrogen-bond donors (Lipinski definition) is 3. The minimum absolute atomic E-state index is 0.0364. The molecule has 3 N–H and O–H groups in total.